The maximum absolute atomic E-state index is 13.6. The van der Waals surface area contributed by atoms with E-state index in [0.717, 1.165) is 12.8 Å². The molecule has 0 radical (unpaired) electrons. The SMILES string of the molecule is CN=C(NCc1cc(F)ccc1CS(C)(=O)=O)NCC(C)Cn1cccn1.I. The summed E-state index contributed by atoms with van der Waals surface area (Å²) in [5.41, 5.74) is 1.17. The molecule has 1 aromatic heterocycles. The minimum atomic E-state index is -3.21. The van der Waals surface area contributed by atoms with Gasteiger partial charge in [-0.2, -0.15) is 5.10 Å². The van der Waals surface area contributed by atoms with Crippen LogP contribution < -0.4 is 10.6 Å². The molecule has 0 fully saturated rings. The summed E-state index contributed by atoms with van der Waals surface area (Å²) in [7, 11) is -1.56. The zero-order valence-electron chi connectivity index (χ0n) is 16.2. The molecular weight excluding hydrogens is 496 g/mol. The standard InChI is InChI=1S/C18H26FN5O2S.HI/c1-14(12-24-8-4-7-23-24)10-21-18(20-2)22-11-16-9-17(19)6-5-15(16)13-27(3,25)26;/h4-9,14H,10-13H2,1-3H3,(H2,20,21,22);1H. The fourth-order valence-corrected chi connectivity index (χ4v) is 3.49. The van der Waals surface area contributed by atoms with Crippen LogP contribution in [0.25, 0.3) is 0 Å². The molecule has 0 aliphatic heterocycles. The Kier molecular flexibility index (Phi) is 9.87. The number of sulfone groups is 1. The van der Waals surface area contributed by atoms with E-state index in [9.17, 15) is 12.8 Å². The van der Waals surface area contributed by atoms with Crippen molar-refractivity contribution >= 4 is 39.8 Å². The molecule has 0 aliphatic carbocycles. The highest BCUT2D eigenvalue weighted by molar-refractivity contribution is 14.0. The second kappa shape index (κ2) is 11.3. The predicted octanol–water partition coefficient (Wildman–Crippen LogP) is 2.19. The number of hydrogen-bond donors (Lipinski definition) is 2. The fourth-order valence-electron chi connectivity index (χ4n) is 2.65. The van der Waals surface area contributed by atoms with Crippen LogP contribution in [-0.2, 0) is 28.7 Å². The first kappa shape index (κ1) is 24.3. The van der Waals surface area contributed by atoms with Crippen LogP contribution in [0.2, 0.25) is 0 Å². The van der Waals surface area contributed by atoms with Crippen molar-refractivity contribution in [2.45, 2.75) is 25.8 Å². The van der Waals surface area contributed by atoms with Crippen molar-refractivity contribution in [3.63, 3.8) is 0 Å². The van der Waals surface area contributed by atoms with E-state index in [0.29, 0.717) is 29.5 Å². The average molecular weight is 523 g/mol. The lowest BCUT2D eigenvalue weighted by atomic mass is 10.1. The first-order valence-corrected chi connectivity index (χ1v) is 10.7. The van der Waals surface area contributed by atoms with Crippen LogP contribution in [0.15, 0.2) is 41.7 Å². The number of nitrogens with one attached hydrogen (secondary N) is 2. The molecule has 0 bridgehead atoms. The minimum absolute atomic E-state index is 0. The molecule has 0 saturated carbocycles. The van der Waals surface area contributed by atoms with Crippen LogP contribution in [0.4, 0.5) is 4.39 Å². The number of guanidine groups is 1. The van der Waals surface area contributed by atoms with Gasteiger partial charge in [-0.3, -0.25) is 9.67 Å². The average Bonchev–Trinajstić information content (AvgIpc) is 3.09. The molecule has 2 rings (SSSR count). The van der Waals surface area contributed by atoms with Crippen molar-refractivity contribution in [1.82, 2.24) is 20.4 Å². The molecule has 2 aromatic rings. The summed E-state index contributed by atoms with van der Waals surface area (Å²) in [5, 5.41) is 10.5. The Morgan fingerprint density at radius 1 is 1.32 bits per heavy atom. The van der Waals surface area contributed by atoms with Gasteiger partial charge >= 0.3 is 0 Å². The first-order valence-electron chi connectivity index (χ1n) is 8.64. The monoisotopic (exact) mass is 523 g/mol. The van der Waals surface area contributed by atoms with Gasteiger partial charge in [-0.1, -0.05) is 13.0 Å². The number of nitrogens with zero attached hydrogens (tertiary/aromatic N) is 3. The molecule has 2 N–H and O–H groups in total. The van der Waals surface area contributed by atoms with Gasteiger partial charge in [-0.05, 0) is 35.2 Å². The number of benzene rings is 1. The molecule has 156 valence electrons. The summed E-state index contributed by atoms with van der Waals surface area (Å²) in [6, 6.07) is 6.01. The summed E-state index contributed by atoms with van der Waals surface area (Å²) < 4.78 is 38.6. The zero-order chi connectivity index (χ0) is 19.9. The van der Waals surface area contributed by atoms with E-state index in [1.807, 2.05) is 16.9 Å². The highest BCUT2D eigenvalue weighted by Crippen LogP contribution is 2.14. The van der Waals surface area contributed by atoms with Crippen molar-refractivity contribution in [3.05, 3.63) is 53.6 Å². The fraction of sp³-hybridized carbons (Fsp3) is 0.444. The molecule has 1 atom stereocenters. The second-order valence-corrected chi connectivity index (χ2v) is 8.76. The van der Waals surface area contributed by atoms with Gasteiger partial charge in [0.1, 0.15) is 5.82 Å². The lowest BCUT2D eigenvalue weighted by molar-refractivity contribution is 0.443. The number of halogens is 2. The van der Waals surface area contributed by atoms with Gasteiger partial charge < -0.3 is 10.6 Å². The van der Waals surface area contributed by atoms with E-state index in [4.69, 9.17) is 0 Å². The smallest absolute Gasteiger partial charge is 0.191 e. The summed E-state index contributed by atoms with van der Waals surface area (Å²) >= 11 is 0. The van der Waals surface area contributed by atoms with E-state index >= 15 is 0 Å². The highest BCUT2D eigenvalue weighted by Gasteiger charge is 2.11. The lowest BCUT2D eigenvalue weighted by Gasteiger charge is -2.17. The number of aliphatic imine (C=N–C) groups is 1. The largest absolute Gasteiger partial charge is 0.356 e. The van der Waals surface area contributed by atoms with Gasteiger partial charge in [0.25, 0.3) is 0 Å². The van der Waals surface area contributed by atoms with E-state index in [1.54, 1.807) is 13.2 Å². The normalized spacial score (nSPS) is 12.9. The van der Waals surface area contributed by atoms with Gasteiger partial charge in [0.05, 0.1) is 5.75 Å². The van der Waals surface area contributed by atoms with Crippen molar-refractivity contribution in [2.75, 3.05) is 19.8 Å². The maximum Gasteiger partial charge on any atom is 0.191 e. The van der Waals surface area contributed by atoms with Gasteiger partial charge in [-0.15, -0.1) is 24.0 Å². The molecule has 1 heterocycles. The third-order valence-corrected chi connectivity index (χ3v) is 4.77. The van der Waals surface area contributed by atoms with Crippen LogP contribution in [-0.4, -0.2) is 44.0 Å². The Bertz CT molecular complexity index is 872. The Morgan fingerprint density at radius 2 is 2.07 bits per heavy atom. The van der Waals surface area contributed by atoms with Gasteiger partial charge in [0, 0.05) is 45.3 Å². The van der Waals surface area contributed by atoms with E-state index in [1.165, 1.54) is 18.2 Å². The van der Waals surface area contributed by atoms with Crippen molar-refractivity contribution in [3.8, 4) is 0 Å². The van der Waals surface area contributed by atoms with Crippen LogP contribution in [0.3, 0.4) is 0 Å². The molecule has 1 aromatic carbocycles. The first-order chi connectivity index (χ1) is 12.8. The van der Waals surface area contributed by atoms with Crippen molar-refractivity contribution in [2.24, 2.45) is 10.9 Å². The Hall–Kier alpha value is -1.69. The van der Waals surface area contributed by atoms with Crippen LogP contribution >= 0.6 is 24.0 Å². The zero-order valence-corrected chi connectivity index (χ0v) is 19.4. The topological polar surface area (TPSA) is 88.4 Å². The second-order valence-electron chi connectivity index (χ2n) is 6.62. The molecule has 28 heavy (non-hydrogen) atoms. The van der Waals surface area contributed by atoms with Crippen LogP contribution in [0.1, 0.15) is 18.1 Å². The van der Waals surface area contributed by atoms with Crippen LogP contribution in [0.5, 0.6) is 0 Å². The molecular formula is C18H27FIN5O2S. The molecule has 0 spiro atoms. The Balaban J connectivity index is 0.00000392. The minimum Gasteiger partial charge on any atom is -0.356 e. The van der Waals surface area contributed by atoms with Gasteiger partial charge in [-0.25, -0.2) is 12.8 Å². The summed E-state index contributed by atoms with van der Waals surface area (Å²) in [4.78, 5) is 4.16. The summed E-state index contributed by atoms with van der Waals surface area (Å²) in [6.07, 6.45) is 4.82. The lowest BCUT2D eigenvalue weighted by Crippen LogP contribution is -2.39. The highest BCUT2D eigenvalue weighted by atomic mass is 127. The Labute approximate surface area is 182 Å². The van der Waals surface area contributed by atoms with Crippen LogP contribution in [0, 0.1) is 11.7 Å². The Morgan fingerprint density at radius 3 is 2.68 bits per heavy atom. The van der Waals surface area contributed by atoms with Crippen molar-refractivity contribution < 1.29 is 12.8 Å². The predicted molar refractivity (Wildman–Crippen MR) is 120 cm³/mol. The van der Waals surface area contributed by atoms with E-state index < -0.39 is 15.7 Å². The quantitative estimate of drug-likeness (QED) is 0.315. The molecule has 1 unspecified atom stereocenters. The molecule has 0 saturated heterocycles. The number of hydrogen-bond acceptors (Lipinski definition) is 4. The molecule has 7 nitrogen and oxygen atoms in total. The van der Waals surface area contributed by atoms with E-state index in [2.05, 4.69) is 27.6 Å². The molecule has 0 amide bonds. The third kappa shape index (κ3) is 8.55. The van der Waals surface area contributed by atoms with E-state index in [-0.39, 0.29) is 36.3 Å². The number of aromatic nitrogens is 2. The molecule has 0 aliphatic rings. The van der Waals surface area contributed by atoms with Crippen molar-refractivity contribution in [1.29, 1.82) is 0 Å². The molecule has 10 heteroatoms. The maximum atomic E-state index is 13.6. The third-order valence-electron chi connectivity index (χ3n) is 3.93. The van der Waals surface area contributed by atoms with Gasteiger partial charge in [0.2, 0.25) is 0 Å². The van der Waals surface area contributed by atoms with Gasteiger partial charge in [0.15, 0.2) is 15.8 Å². The summed E-state index contributed by atoms with van der Waals surface area (Å²) in [6.45, 7) is 3.83. The summed E-state index contributed by atoms with van der Waals surface area (Å²) in [5.74, 6) is 0.354. The number of rotatable bonds is 8.